The lowest BCUT2D eigenvalue weighted by atomic mass is 9.32. The van der Waals surface area contributed by atoms with Crippen LogP contribution in [0.3, 0.4) is 0 Å². The SMILES string of the molecule is CC(NC(=O)N(Cc1ccc(OC(F)(F)F)cc1)CC1(O)CCC2C34C=CC5(C=C3C(=O)c3ccc(-c6cc(C(F)(F)F)ccc6Cl)o3)CC(O)CCC5(C)C4CCC21C)c1ccccc1. The number of carbonyl (C=O) groups excluding carboxylic acids is 2. The molecule has 10 rings (SSSR count). The summed E-state index contributed by atoms with van der Waals surface area (Å²) in [7, 11) is 0. The van der Waals surface area contributed by atoms with Crippen LogP contribution >= 0.6 is 11.6 Å². The first-order valence-corrected chi connectivity index (χ1v) is 22.7. The summed E-state index contributed by atoms with van der Waals surface area (Å²) in [5.74, 6) is -1.42. The molecule has 6 aliphatic rings. The number of aliphatic hydroxyl groups is 2. The number of ether oxygens (including phenoxy) is 1. The number of nitrogens with one attached hydrogen (secondary N) is 1. The molecule has 350 valence electrons. The van der Waals surface area contributed by atoms with Gasteiger partial charge in [-0.1, -0.05) is 86.1 Å². The maximum Gasteiger partial charge on any atom is 0.573 e. The first-order valence-electron chi connectivity index (χ1n) is 22.3. The predicted molar refractivity (Wildman–Crippen MR) is 234 cm³/mol. The Morgan fingerprint density at radius 3 is 2.27 bits per heavy atom. The smallest absolute Gasteiger partial charge is 0.453 e. The number of nitrogens with zero attached hydrogens (tertiary/aromatic N) is 1. The van der Waals surface area contributed by atoms with E-state index >= 15 is 4.79 Å². The molecule has 0 aliphatic heterocycles. The van der Waals surface area contributed by atoms with Gasteiger partial charge >= 0.3 is 18.6 Å². The Bertz CT molecular complexity index is 2600. The van der Waals surface area contributed by atoms with E-state index in [1.807, 2.05) is 50.3 Å². The molecule has 3 aromatic carbocycles. The minimum absolute atomic E-state index is 0.0112. The van der Waals surface area contributed by atoms with Crippen LogP contribution in [-0.4, -0.2) is 51.5 Å². The number of fused-ring (bicyclic) bond motifs is 1. The van der Waals surface area contributed by atoms with Gasteiger partial charge in [0.1, 0.15) is 11.5 Å². The average molecular weight is 937 g/mol. The van der Waals surface area contributed by atoms with Gasteiger partial charge in [-0.2, -0.15) is 13.2 Å². The number of allylic oxidation sites excluding steroid dienone is 4. The van der Waals surface area contributed by atoms with Crippen molar-refractivity contribution in [1.82, 2.24) is 10.2 Å². The summed E-state index contributed by atoms with van der Waals surface area (Å²) in [4.78, 5) is 31.1. The van der Waals surface area contributed by atoms with E-state index in [1.54, 1.807) is 0 Å². The third-order valence-corrected chi connectivity index (χ3v) is 16.6. The molecule has 2 bridgehead atoms. The highest BCUT2D eigenvalue weighted by Gasteiger charge is 2.74. The molecular weight excluding hydrogens is 886 g/mol. The number of hydrogen-bond donors (Lipinski definition) is 3. The minimum atomic E-state index is -4.89. The lowest BCUT2D eigenvalue weighted by molar-refractivity contribution is -0.274. The predicted octanol–water partition coefficient (Wildman–Crippen LogP) is 12.3. The topological polar surface area (TPSA) is 112 Å². The number of Topliss-reactive ketones (excluding diaryl/α,β-unsaturated/α-hetero) is 1. The lowest BCUT2D eigenvalue weighted by Gasteiger charge is -2.71. The molecule has 9 unspecified atom stereocenters. The van der Waals surface area contributed by atoms with Crippen LogP contribution in [0.25, 0.3) is 11.3 Å². The van der Waals surface area contributed by atoms with Crippen LogP contribution in [0.5, 0.6) is 5.75 Å². The fourth-order valence-corrected chi connectivity index (χ4v) is 13.1. The quantitative estimate of drug-likeness (QED) is 0.0829. The van der Waals surface area contributed by atoms with Gasteiger partial charge in [0.25, 0.3) is 0 Å². The van der Waals surface area contributed by atoms with E-state index in [-0.39, 0.29) is 58.9 Å². The summed E-state index contributed by atoms with van der Waals surface area (Å²) in [5.41, 5.74) is -3.58. The molecule has 9 atom stereocenters. The molecule has 2 amide bonds. The van der Waals surface area contributed by atoms with Crippen molar-refractivity contribution >= 4 is 23.4 Å². The normalized spacial score (nSPS) is 31.6. The second kappa shape index (κ2) is 16.0. The van der Waals surface area contributed by atoms with Crippen LogP contribution in [-0.2, 0) is 12.7 Å². The molecule has 4 aromatic rings. The summed E-state index contributed by atoms with van der Waals surface area (Å²) < 4.78 is 90.6. The standard InChI is InChI=1S/C51H51ClF6N2O6/c1-30(32-7-5-4-6-8-32)59-44(63)60(28-31-9-12-35(13-10-31)66-51(56,57)58)29-48(64)22-19-42-46(48,3)21-18-41-45(2)20-17-34(61)26-47(45)23-24-49(41,42)37(27-47)43(62)40-16-15-39(65-40)36-25-33(50(53,54)55)11-14-38(36)52/h4-16,23-25,27,30,34,41-42,61,64H,17-22,26,28-29H2,1-3H3,(H,59,63). The number of aliphatic hydroxyl groups excluding tert-OH is 1. The number of carbonyl (C=O) groups is 2. The highest BCUT2D eigenvalue weighted by atomic mass is 35.5. The van der Waals surface area contributed by atoms with Gasteiger partial charge in [0.05, 0.1) is 34.9 Å². The van der Waals surface area contributed by atoms with Gasteiger partial charge in [0, 0.05) is 33.9 Å². The number of urea groups is 1. The second-order valence-corrected chi connectivity index (χ2v) is 20.0. The summed E-state index contributed by atoms with van der Waals surface area (Å²) in [6.07, 6.45) is -0.371. The molecule has 8 nitrogen and oxygen atoms in total. The molecule has 66 heavy (non-hydrogen) atoms. The summed E-state index contributed by atoms with van der Waals surface area (Å²) >= 11 is 6.40. The molecule has 2 spiro atoms. The summed E-state index contributed by atoms with van der Waals surface area (Å²) in [6.45, 7) is 5.88. The number of ketones is 1. The van der Waals surface area contributed by atoms with Crippen molar-refractivity contribution in [3.8, 4) is 17.1 Å². The Morgan fingerprint density at radius 1 is 0.894 bits per heavy atom. The van der Waals surface area contributed by atoms with Crippen LogP contribution in [0.2, 0.25) is 5.02 Å². The van der Waals surface area contributed by atoms with Crippen molar-refractivity contribution in [2.24, 2.45) is 33.5 Å². The number of rotatable bonds is 10. The molecule has 3 saturated carbocycles. The van der Waals surface area contributed by atoms with Gasteiger partial charge in [-0.15, -0.1) is 13.2 Å². The van der Waals surface area contributed by atoms with E-state index in [1.165, 1.54) is 41.3 Å². The van der Waals surface area contributed by atoms with Crippen LogP contribution < -0.4 is 10.1 Å². The second-order valence-electron chi connectivity index (χ2n) is 19.6. The average Bonchev–Trinajstić information content (AvgIpc) is 3.85. The first kappa shape index (κ1) is 46.1. The van der Waals surface area contributed by atoms with E-state index in [0.717, 1.165) is 23.8 Å². The van der Waals surface area contributed by atoms with Gasteiger partial charge in [-0.25, -0.2) is 4.79 Å². The zero-order chi connectivity index (χ0) is 47.2. The van der Waals surface area contributed by atoms with Crippen LogP contribution in [0, 0.1) is 33.5 Å². The van der Waals surface area contributed by atoms with E-state index in [9.17, 15) is 41.4 Å². The van der Waals surface area contributed by atoms with Gasteiger partial charge in [-0.05, 0) is 123 Å². The van der Waals surface area contributed by atoms with Crippen molar-refractivity contribution in [1.29, 1.82) is 0 Å². The molecule has 0 radical (unpaired) electrons. The number of hydrogen-bond acceptors (Lipinski definition) is 6. The maximum atomic E-state index is 15.2. The van der Waals surface area contributed by atoms with Crippen molar-refractivity contribution in [2.75, 3.05) is 6.54 Å². The number of amides is 2. The van der Waals surface area contributed by atoms with Gasteiger partial charge in [0.15, 0.2) is 5.76 Å². The largest absolute Gasteiger partial charge is 0.573 e. The number of furan rings is 1. The Hall–Kier alpha value is -5.05. The molecule has 1 heterocycles. The lowest BCUT2D eigenvalue weighted by Crippen LogP contribution is -2.67. The third kappa shape index (κ3) is 7.55. The van der Waals surface area contributed by atoms with Crippen LogP contribution in [0.1, 0.15) is 99.0 Å². The van der Waals surface area contributed by atoms with Gasteiger partial charge < -0.3 is 29.6 Å². The Labute approximate surface area is 383 Å². The Morgan fingerprint density at radius 2 is 1.58 bits per heavy atom. The monoisotopic (exact) mass is 936 g/mol. The van der Waals surface area contributed by atoms with Crippen molar-refractivity contribution in [3.63, 3.8) is 0 Å². The zero-order valence-corrected chi connectivity index (χ0v) is 37.4. The van der Waals surface area contributed by atoms with Crippen molar-refractivity contribution in [3.05, 3.63) is 136 Å². The number of benzene rings is 3. The van der Waals surface area contributed by atoms with E-state index < -0.39 is 69.7 Å². The molecule has 1 aromatic heterocycles. The molecule has 0 saturated heterocycles. The highest BCUT2D eigenvalue weighted by molar-refractivity contribution is 6.33. The molecule has 6 aliphatic carbocycles. The van der Waals surface area contributed by atoms with Crippen molar-refractivity contribution < 1.29 is 55.3 Å². The van der Waals surface area contributed by atoms with Crippen LogP contribution in [0.15, 0.2) is 113 Å². The molecule has 3 N–H and O–H groups in total. The van der Waals surface area contributed by atoms with E-state index in [2.05, 4.69) is 29.1 Å². The highest BCUT2D eigenvalue weighted by Crippen LogP contribution is 2.78. The Balaban J connectivity index is 1.08. The third-order valence-electron chi connectivity index (χ3n) is 16.3. The van der Waals surface area contributed by atoms with E-state index in [4.69, 9.17) is 16.0 Å². The fraction of sp³-hybridized carbons (Fsp3) is 0.451. The van der Waals surface area contributed by atoms with Crippen LogP contribution in [0.4, 0.5) is 31.1 Å². The summed E-state index contributed by atoms with van der Waals surface area (Å²) in [5, 5.41) is 27.5. The fourth-order valence-electron chi connectivity index (χ4n) is 12.9. The molecular formula is C51H51ClF6N2O6. The summed E-state index contributed by atoms with van der Waals surface area (Å²) in [6, 6.07) is 19.4. The van der Waals surface area contributed by atoms with Gasteiger partial charge in [0.2, 0.25) is 5.78 Å². The maximum absolute atomic E-state index is 15.2. The number of alkyl halides is 6. The molecule has 3 fully saturated rings. The first-order chi connectivity index (χ1) is 31.0. The van der Waals surface area contributed by atoms with E-state index in [0.29, 0.717) is 49.7 Å². The van der Waals surface area contributed by atoms with Crippen molar-refractivity contribution in [2.45, 2.75) is 103 Å². The van der Waals surface area contributed by atoms with Gasteiger partial charge in [-0.3, -0.25) is 4.79 Å². The minimum Gasteiger partial charge on any atom is -0.453 e. The zero-order valence-electron chi connectivity index (χ0n) is 36.6. The number of halogens is 7. The Kier molecular flexibility index (Phi) is 11.2. The molecule has 15 heteroatoms.